The Hall–Kier alpha value is -2.62. The average Bonchev–Trinajstić information content (AvgIpc) is 3.08. The zero-order chi connectivity index (χ0) is 16.0. The predicted molar refractivity (Wildman–Crippen MR) is 91.9 cm³/mol. The number of ether oxygens (including phenoxy) is 1. The van der Waals surface area contributed by atoms with Gasteiger partial charge in [-0.15, -0.1) is 0 Å². The fourth-order valence-electron chi connectivity index (χ4n) is 2.91. The highest BCUT2D eigenvalue weighted by Crippen LogP contribution is 2.27. The largest absolute Gasteiger partial charge is 0.475 e. The number of benzene rings is 1. The van der Waals surface area contributed by atoms with E-state index in [4.69, 9.17) is 4.74 Å². The van der Waals surface area contributed by atoms with Gasteiger partial charge in [0.05, 0.1) is 11.2 Å². The number of rotatable bonds is 2. The molecule has 4 heteroatoms. The molecule has 4 nitrogen and oxygen atoms in total. The number of hydrogen-bond acceptors (Lipinski definition) is 3. The minimum absolute atomic E-state index is 0.147. The first-order valence-corrected chi connectivity index (χ1v) is 7.80. The zero-order valence-electron chi connectivity index (χ0n) is 13.6. The van der Waals surface area contributed by atoms with Crippen molar-refractivity contribution >= 4 is 11.5 Å². The third kappa shape index (κ3) is 2.50. The molecule has 3 heterocycles. The third-order valence-corrected chi connectivity index (χ3v) is 3.99. The van der Waals surface area contributed by atoms with Crippen molar-refractivity contribution in [1.29, 1.82) is 0 Å². The van der Waals surface area contributed by atoms with Gasteiger partial charge in [-0.1, -0.05) is 12.1 Å². The van der Waals surface area contributed by atoms with Crippen LogP contribution >= 0.6 is 0 Å². The van der Waals surface area contributed by atoms with Crippen LogP contribution in [-0.2, 0) is 4.74 Å². The molecular weight excluding hydrogens is 286 g/mol. The summed E-state index contributed by atoms with van der Waals surface area (Å²) < 4.78 is 7.83. The van der Waals surface area contributed by atoms with Crippen LogP contribution in [0.2, 0.25) is 0 Å². The number of hydrogen-bond donors (Lipinski definition) is 0. The van der Waals surface area contributed by atoms with E-state index in [1.54, 1.807) is 0 Å². The minimum Gasteiger partial charge on any atom is -0.475 e. The molecule has 2 aromatic heterocycles. The van der Waals surface area contributed by atoms with Crippen LogP contribution < -0.4 is 0 Å². The van der Waals surface area contributed by atoms with E-state index in [2.05, 4.69) is 46.4 Å². The van der Waals surface area contributed by atoms with Crippen LogP contribution in [0.4, 0.5) is 0 Å². The summed E-state index contributed by atoms with van der Waals surface area (Å²) in [5.74, 6) is 0.725. The Labute approximate surface area is 135 Å². The van der Waals surface area contributed by atoms with E-state index in [9.17, 15) is 0 Å². The van der Waals surface area contributed by atoms with Crippen molar-refractivity contribution in [3.63, 3.8) is 0 Å². The Kier molecular flexibility index (Phi) is 3.01. The van der Waals surface area contributed by atoms with Crippen molar-refractivity contribution in [3.05, 3.63) is 60.0 Å². The van der Waals surface area contributed by atoms with Gasteiger partial charge in [-0.3, -0.25) is 0 Å². The maximum absolute atomic E-state index is 5.77. The molecule has 0 aliphatic carbocycles. The van der Waals surface area contributed by atoms with Crippen LogP contribution in [0.1, 0.15) is 25.1 Å². The maximum atomic E-state index is 5.77. The van der Waals surface area contributed by atoms with E-state index < -0.39 is 0 Å². The number of aliphatic imine (C=N–C) groups is 1. The second kappa shape index (κ2) is 4.95. The fraction of sp³-hybridized carbons (Fsp3) is 0.263. The molecular formula is C19H19N3O. The second-order valence-corrected chi connectivity index (χ2v) is 6.63. The lowest BCUT2D eigenvalue weighted by Gasteiger charge is -2.07. The summed E-state index contributed by atoms with van der Waals surface area (Å²) >= 11 is 0. The summed E-state index contributed by atoms with van der Waals surface area (Å²) in [7, 11) is 0. The van der Waals surface area contributed by atoms with E-state index in [0.29, 0.717) is 6.61 Å². The van der Waals surface area contributed by atoms with E-state index in [1.165, 1.54) is 0 Å². The molecule has 0 saturated heterocycles. The fourth-order valence-corrected chi connectivity index (χ4v) is 2.91. The van der Waals surface area contributed by atoms with Gasteiger partial charge in [0, 0.05) is 23.5 Å². The Bertz CT molecular complexity index is 921. The highest BCUT2D eigenvalue weighted by atomic mass is 16.5. The first kappa shape index (κ1) is 14.0. The molecule has 0 atom stereocenters. The highest BCUT2D eigenvalue weighted by molar-refractivity contribution is 5.97. The highest BCUT2D eigenvalue weighted by Gasteiger charge is 2.27. The van der Waals surface area contributed by atoms with Gasteiger partial charge in [0.1, 0.15) is 12.3 Å². The van der Waals surface area contributed by atoms with Crippen LogP contribution in [0.3, 0.4) is 0 Å². The monoisotopic (exact) mass is 305 g/mol. The lowest BCUT2D eigenvalue weighted by molar-refractivity contribution is 0.279. The standard InChI is InChI=1S/C19H19N3O/c1-13-11-22-9-5-8-16(17(22)20-13)14-6-4-7-15(10-14)18-21-19(2,3)12-23-18/h4-11H,12H2,1-3H3. The van der Waals surface area contributed by atoms with Gasteiger partial charge in [0.15, 0.2) is 0 Å². The van der Waals surface area contributed by atoms with Crippen LogP contribution in [0.5, 0.6) is 0 Å². The second-order valence-electron chi connectivity index (χ2n) is 6.63. The first-order valence-electron chi connectivity index (χ1n) is 7.80. The Morgan fingerprint density at radius 2 is 1.96 bits per heavy atom. The summed E-state index contributed by atoms with van der Waals surface area (Å²) in [6.45, 7) is 6.80. The van der Waals surface area contributed by atoms with Gasteiger partial charge in [0.25, 0.3) is 0 Å². The van der Waals surface area contributed by atoms with Crippen molar-refractivity contribution in [2.24, 2.45) is 4.99 Å². The van der Waals surface area contributed by atoms with Crippen LogP contribution in [-0.4, -0.2) is 27.4 Å². The van der Waals surface area contributed by atoms with Gasteiger partial charge in [0.2, 0.25) is 5.90 Å². The molecule has 3 aromatic rings. The Morgan fingerprint density at radius 3 is 2.74 bits per heavy atom. The molecule has 23 heavy (non-hydrogen) atoms. The minimum atomic E-state index is -0.147. The van der Waals surface area contributed by atoms with E-state index >= 15 is 0 Å². The zero-order valence-corrected chi connectivity index (χ0v) is 13.6. The Balaban J connectivity index is 1.82. The third-order valence-electron chi connectivity index (χ3n) is 3.99. The first-order chi connectivity index (χ1) is 11.0. The maximum Gasteiger partial charge on any atom is 0.216 e. The van der Waals surface area contributed by atoms with Crippen LogP contribution in [0.15, 0.2) is 53.8 Å². The lowest BCUT2D eigenvalue weighted by atomic mass is 10.0. The number of pyridine rings is 1. The van der Waals surface area contributed by atoms with Crippen molar-refractivity contribution in [2.75, 3.05) is 6.61 Å². The number of nitrogens with zero attached hydrogens (tertiary/aromatic N) is 3. The normalized spacial score (nSPS) is 16.4. The van der Waals surface area contributed by atoms with Crippen LogP contribution in [0, 0.1) is 6.92 Å². The summed E-state index contributed by atoms with van der Waals surface area (Å²) in [6, 6.07) is 12.5. The number of imidazole rings is 1. The molecule has 1 aliphatic heterocycles. The molecule has 1 aromatic carbocycles. The number of aryl methyl sites for hydroxylation is 1. The van der Waals surface area contributed by atoms with Gasteiger partial charge in [-0.05, 0) is 50.6 Å². The van der Waals surface area contributed by atoms with Gasteiger partial charge < -0.3 is 9.14 Å². The lowest BCUT2D eigenvalue weighted by Crippen LogP contribution is -2.17. The van der Waals surface area contributed by atoms with Crippen molar-refractivity contribution in [3.8, 4) is 11.1 Å². The molecule has 4 rings (SSSR count). The molecule has 0 saturated carbocycles. The molecule has 0 N–H and O–H groups in total. The summed E-state index contributed by atoms with van der Waals surface area (Å²) in [4.78, 5) is 9.31. The number of fused-ring (bicyclic) bond motifs is 1. The SMILES string of the molecule is Cc1cn2cccc(-c3cccc(C4=NC(C)(C)CO4)c3)c2n1. The molecule has 116 valence electrons. The topological polar surface area (TPSA) is 38.9 Å². The smallest absolute Gasteiger partial charge is 0.216 e. The molecule has 0 spiro atoms. The van der Waals surface area contributed by atoms with Crippen molar-refractivity contribution in [2.45, 2.75) is 26.3 Å². The molecule has 0 amide bonds. The van der Waals surface area contributed by atoms with Crippen molar-refractivity contribution in [1.82, 2.24) is 9.38 Å². The molecule has 0 fully saturated rings. The molecule has 0 bridgehead atoms. The molecule has 0 radical (unpaired) electrons. The molecule has 1 aliphatic rings. The van der Waals surface area contributed by atoms with Gasteiger partial charge >= 0.3 is 0 Å². The molecule has 0 unspecified atom stereocenters. The van der Waals surface area contributed by atoms with E-state index in [-0.39, 0.29) is 5.54 Å². The number of aromatic nitrogens is 2. The Morgan fingerprint density at radius 1 is 1.13 bits per heavy atom. The predicted octanol–water partition coefficient (Wildman–Crippen LogP) is 3.87. The van der Waals surface area contributed by atoms with Gasteiger partial charge in [-0.2, -0.15) is 0 Å². The summed E-state index contributed by atoms with van der Waals surface area (Å²) in [6.07, 6.45) is 4.06. The van der Waals surface area contributed by atoms with Crippen molar-refractivity contribution < 1.29 is 4.74 Å². The van der Waals surface area contributed by atoms with E-state index in [1.807, 2.05) is 37.5 Å². The van der Waals surface area contributed by atoms with Crippen LogP contribution in [0.25, 0.3) is 16.8 Å². The van der Waals surface area contributed by atoms with E-state index in [0.717, 1.165) is 33.9 Å². The average molecular weight is 305 g/mol. The quantitative estimate of drug-likeness (QED) is 0.721. The van der Waals surface area contributed by atoms with Gasteiger partial charge in [-0.25, -0.2) is 9.98 Å². The summed E-state index contributed by atoms with van der Waals surface area (Å²) in [5, 5.41) is 0. The summed E-state index contributed by atoms with van der Waals surface area (Å²) in [5.41, 5.74) is 5.08.